The number of benzene rings is 2. The first-order chi connectivity index (χ1) is 16.5. The van der Waals surface area contributed by atoms with Crippen molar-refractivity contribution in [3.8, 4) is 11.1 Å². The van der Waals surface area contributed by atoms with E-state index in [1.807, 2.05) is 32.0 Å². The van der Waals surface area contributed by atoms with Crippen molar-refractivity contribution in [1.29, 1.82) is 0 Å². The third-order valence-corrected chi connectivity index (χ3v) is 5.74. The summed E-state index contributed by atoms with van der Waals surface area (Å²) in [6.45, 7) is 3.13. The summed E-state index contributed by atoms with van der Waals surface area (Å²) < 4.78 is 30.9. The van der Waals surface area contributed by atoms with E-state index in [9.17, 15) is 28.3 Å². The Balaban J connectivity index is 1.87. The third kappa shape index (κ3) is 6.05. The molecule has 0 saturated heterocycles. The molecule has 2 aromatic carbocycles. The van der Waals surface area contributed by atoms with Gasteiger partial charge >= 0.3 is 5.97 Å². The van der Waals surface area contributed by atoms with Gasteiger partial charge in [0.2, 0.25) is 5.91 Å². The molecule has 1 heterocycles. The van der Waals surface area contributed by atoms with E-state index in [0.717, 1.165) is 17.2 Å². The van der Waals surface area contributed by atoms with Gasteiger partial charge in [0, 0.05) is 18.8 Å². The van der Waals surface area contributed by atoms with Gasteiger partial charge in [0.25, 0.3) is 5.91 Å². The average molecular weight is 504 g/mol. The molecule has 0 fully saturated rings. The maximum Gasteiger partial charge on any atom is 0.305 e. The minimum Gasteiger partial charge on any atom is -0.481 e. The van der Waals surface area contributed by atoms with Gasteiger partial charge in [-0.15, -0.1) is 0 Å². The van der Waals surface area contributed by atoms with Crippen LogP contribution in [-0.4, -0.2) is 34.0 Å². The summed E-state index contributed by atoms with van der Waals surface area (Å²) >= 11 is 5.86. The van der Waals surface area contributed by atoms with Crippen molar-refractivity contribution in [2.75, 3.05) is 6.54 Å². The number of nitrogens with one attached hydrogen (secondary N) is 2. The summed E-state index contributed by atoms with van der Waals surface area (Å²) in [5.41, 5.74) is 2.58. The topological polar surface area (TPSA) is 100 Å². The number of aliphatic carboxylic acids is 1. The first-order valence-electron chi connectivity index (χ1n) is 10.6. The third-order valence-electron chi connectivity index (χ3n) is 5.53. The molecule has 1 atom stereocenters. The van der Waals surface area contributed by atoms with E-state index >= 15 is 0 Å². The number of amides is 2. The van der Waals surface area contributed by atoms with Crippen LogP contribution in [0.25, 0.3) is 11.1 Å². The van der Waals surface area contributed by atoms with Crippen molar-refractivity contribution in [3.63, 3.8) is 0 Å². The highest BCUT2D eigenvalue weighted by molar-refractivity contribution is 6.31. The average Bonchev–Trinajstić information content (AvgIpc) is 3.11. The number of carbonyl (C=O) groups is 3. The summed E-state index contributed by atoms with van der Waals surface area (Å²) in [5.74, 6) is -5.11. The molecular formula is C25H24ClF2N3O4. The maximum atomic E-state index is 14.8. The Bertz CT molecular complexity index is 1290. The molecule has 3 rings (SSSR count). The standard InChI is InChI=1S/C25H24ClF2N3O4/c1-13-5-4-6-14(2)23(13)15-7-17(24(28)18(27)8-15)19(10-22(33)34)30-21(32)11-29-25(35)20-9-16(26)12-31(20)3/h4-9,12,19H,10-11H2,1-3H3,(H,29,35)(H,30,32)(H,33,34). The van der Waals surface area contributed by atoms with Crippen LogP contribution >= 0.6 is 11.6 Å². The van der Waals surface area contributed by atoms with Crippen LogP contribution < -0.4 is 10.6 Å². The van der Waals surface area contributed by atoms with Gasteiger partial charge in [-0.2, -0.15) is 0 Å². The lowest BCUT2D eigenvalue weighted by Gasteiger charge is -2.20. The van der Waals surface area contributed by atoms with Gasteiger partial charge in [0.1, 0.15) is 5.69 Å². The Kier molecular flexibility index (Phi) is 7.91. The highest BCUT2D eigenvalue weighted by atomic mass is 35.5. The van der Waals surface area contributed by atoms with Gasteiger partial charge in [-0.05, 0) is 54.3 Å². The zero-order valence-electron chi connectivity index (χ0n) is 19.3. The second-order valence-electron chi connectivity index (χ2n) is 8.18. The molecule has 0 radical (unpaired) electrons. The summed E-state index contributed by atoms with van der Waals surface area (Å²) in [6.07, 6.45) is 0.819. The molecule has 0 aliphatic rings. The van der Waals surface area contributed by atoms with Crippen molar-refractivity contribution in [1.82, 2.24) is 15.2 Å². The number of aryl methyl sites for hydroxylation is 3. The van der Waals surface area contributed by atoms with E-state index in [2.05, 4.69) is 10.6 Å². The lowest BCUT2D eigenvalue weighted by atomic mass is 9.92. The van der Waals surface area contributed by atoms with Crippen molar-refractivity contribution in [2.24, 2.45) is 7.05 Å². The summed E-state index contributed by atoms with van der Waals surface area (Å²) in [7, 11) is 1.60. The molecule has 1 aromatic heterocycles. The lowest BCUT2D eigenvalue weighted by Crippen LogP contribution is -2.40. The Labute approximate surface area is 205 Å². The minimum absolute atomic E-state index is 0.208. The van der Waals surface area contributed by atoms with Gasteiger partial charge < -0.3 is 20.3 Å². The van der Waals surface area contributed by atoms with E-state index in [1.165, 1.54) is 22.9 Å². The normalized spacial score (nSPS) is 11.7. The number of aromatic nitrogens is 1. The zero-order valence-corrected chi connectivity index (χ0v) is 20.0. The Morgan fingerprint density at radius 2 is 1.77 bits per heavy atom. The molecule has 10 heteroatoms. The van der Waals surface area contributed by atoms with Crippen LogP contribution in [0.5, 0.6) is 0 Å². The first kappa shape index (κ1) is 25.9. The van der Waals surface area contributed by atoms with Gasteiger partial charge in [0.15, 0.2) is 11.6 Å². The highest BCUT2D eigenvalue weighted by Gasteiger charge is 2.25. The van der Waals surface area contributed by atoms with Crippen molar-refractivity contribution in [3.05, 3.63) is 81.6 Å². The molecule has 1 unspecified atom stereocenters. The lowest BCUT2D eigenvalue weighted by molar-refractivity contribution is -0.137. The second kappa shape index (κ2) is 10.7. The monoisotopic (exact) mass is 503 g/mol. The molecule has 3 N–H and O–H groups in total. The Morgan fingerprint density at radius 1 is 1.11 bits per heavy atom. The van der Waals surface area contributed by atoms with E-state index < -0.39 is 48.4 Å². The second-order valence-corrected chi connectivity index (χ2v) is 8.62. The highest BCUT2D eigenvalue weighted by Crippen LogP contribution is 2.32. The molecule has 0 spiro atoms. The number of halogens is 3. The molecule has 2 amide bonds. The molecule has 3 aromatic rings. The van der Waals surface area contributed by atoms with Crippen LogP contribution in [0.1, 0.15) is 39.6 Å². The fourth-order valence-corrected chi connectivity index (χ4v) is 4.19. The number of carboxylic acids is 1. The van der Waals surface area contributed by atoms with Crippen molar-refractivity contribution < 1.29 is 28.3 Å². The van der Waals surface area contributed by atoms with Gasteiger partial charge in [-0.1, -0.05) is 29.8 Å². The fourth-order valence-electron chi connectivity index (χ4n) is 3.94. The van der Waals surface area contributed by atoms with E-state index in [-0.39, 0.29) is 11.3 Å². The van der Waals surface area contributed by atoms with Crippen LogP contribution in [0.15, 0.2) is 42.6 Å². The van der Waals surface area contributed by atoms with Crippen LogP contribution in [0.3, 0.4) is 0 Å². The van der Waals surface area contributed by atoms with Crippen LogP contribution in [0, 0.1) is 25.5 Å². The largest absolute Gasteiger partial charge is 0.481 e. The molecule has 0 bridgehead atoms. The summed E-state index contributed by atoms with van der Waals surface area (Å²) in [6, 6.07) is 7.90. The fraction of sp³-hybridized carbons (Fsp3) is 0.240. The number of hydrogen-bond donors (Lipinski definition) is 3. The zero-order chi connectivity index (χ0) is 25.9. The Hall–Kier alpha value is -3.72. The van der Waals surface area contributed by atoms with Gasteiger partial charge in [0.05, 0.1) is 24.0 Å². The molecule has 0 aliphatic heterocycles. The van der Waals surface area contributed by atoms with E-state index in [0.29, 0.717) is 16.1 Å². The molecule has 7 nitrogen and oxygen atoms in total. The van der Waals surface area contributed by atoms with Crippen LogP contribution in [0.4, 0.5) is 8.78 Å². The van der Waals surface area contributed by atoms with Gasteiger partial charge in [-0.25, -0.2) is 8.78 Å². The minimum atomic E-state index is -1.37. The molecule has 0 aliphatic carbocycles. The summed E-state index contributed by atoms with van der Waals surface area (Å²) in [5, 5.41) is 14.5. The van der Waals surface area contributed by atoms with Crippen LogP contribution in [-0.2, 0) is 16.6 Å². The molecule has 35 heavy (non-hydrogen) atoms. The Morgan fingerprint density at radius 3 is 2.34 bits per heavy atom. The number of hydrogen-bond acceptors (Lipinski definition) is 3. The maximum absolute atomic E-state index is 14.8. The summed E-state index contributed by atoms with van der Waals surface area (Å²) in [4.78, 5) is 36.3. The molecule has 0 saturated carbocycles. The van der Waals surface area contributed by atoms with Gasteiger partial charge in [-0.3, -0.25) is 14.4 Å². The predicted octanol–water partition coefficient (Wildman–Crippen LogP) is 4.30. The SMILES string of the molecule is Cc1cccc(C)c1-c1cc(F)c(F)c(C(CC(=O)O)NC(=O)CNC(=O)c2cc(Cl)cn2C)c1. The predicted molar refractivity (Wildman–Crippen MR) is 127 cm³/mol. The van der Waals surface area contributed by atoms with E-state index in [4.69, 9.17) is 11.6 Å². The number of rotatable bonds is 8. The van der Waals surface area contributed by atoms with Crippen molar-refractivity contribution >= 4 is 29.4 Å². The number of nitrogens with zero attached hydrogens (tertiary/aromatic N) is 1. The molecule has 184 valence electrons. The van der Waals surface area contributed by atoms with Crippen LogP contribution in [0.2, 0.25) is 5.02 Å². The molecular weight excluding hydrogens is 480 g/mol. The van der Waals surface area contributed by atoms with Crippen molar-refractivity contribution in [2.45, 2.75) is 26.3 Å². The smallest absolute Gasteiger partial charge is 0.305 e. The number of carboxylic acid groups (broad SMARTS) is 1. The first-order valence-corrected chi connectivity index (χ1v) is 11.0. The quantitative estimate of drug-likeness (QED) is 0.426. The number of carbonyl (C=O) groups excluding carboxylic acids is 2. The van der Waals surface area contributed by atoms with E-state index in [1.54, 1.807) is 7.05 Å².